The second-order valence-electron chi connectivity index (χ2n) is 6.87. The van der Waals surface area contributed by atoms with Crippen LogP contribution in [0.1, 0.15) is 62.6 Å². The third kappa shape index (κ3) is 4.00. The lowest BCUT2D eigenvalue weighted by molar-refractivity contribution is 0.172. The number of aromatic nitrogens is 1. The normalized spacial score (nSPS) is 15.2. The van der Waals surface area contributed by atoms with E-state index in [1.807, 2.05) is 26.8 Å². The van der Waals surface area contributed by atoms with Crippen LogP contribution in [0.2, 0.25) is 0 Å². The quantitative estimate of drug-likeness (QED) is 0.845. The lowest BCUT2D eigenvalue weighted by Crippen LogP contribution is -2.42. The van der Waals surface area contributed by atoms with Crippen LogP contribution in [0, 0.1) is 5.82 Å². The molecule has 0 bridgehead atoms. The van der Waals surface area contributed by atoms with Crippen molar-refractivity contribution in [3.05, 3.63) is 53.2 Å². The van der Waals surface area contributed by atoms with Crippen molar-refractivity contribution >= 4 is 6.03 Å². The van der Waals surface area contributed by atoms with Gasteiger partial charge >= 0.3 is 6.03 Å². The first-order chi connectivity index (χ1) is 12.0. The standard InChI is InChI=1S/C19H24FN3O2/c1-12(2)18-10-15(25-22-18)11-21-19(24)23(14-8-9-14)13(3)16-6-4-5-7-17(16)20/h4-7,10,12-14H,8-9,11H2,1-3H3,(H,21,24)/t13-/m0/s1. The molecule has 1 atom stereocenters. The zero-order valence-electron chi connectivity index (χ0n) is 14.8. The maximum Gasteiger partial charge on any atom is 0.318 e. The molecule has 1 aliphatic rings. The van der Waals surface area contributed by atoms with Gasteiger partial charge in [-0.3, -0.25) is 0 Å². The first-order valence-corrected chi connectivity index (χ1v) is 8.73. The highest BCUT2D eigenvalue weighted by Crippen LogP contribution is 2.35. The predicted molar refractivity (Wildman–Crippen MR) is 92.5 cm³/mol. The minimum Gasteiger partial charge on any atom is -0.359 e. The van der Waals surface area contributed by atoms with E-state index in [9.17, 15) is 9.18 Å². The van der Waals surface area contributed by atoms with Gasteiger partial charge in [-0.05, 0) is 31.7 Å². The van der Waals surface area contributed by atoms with Crippen LogP contribution >= 0.6 is 0 Å². The van der Waals surface area contributed by atoms with Crippen LogP contribution in [-0.4, -0.2) is 22.1 Å². The summed E-state index contributed by atoms with van der Waals surface area (Å²) in [6, 6.07) is 8.09. The summed E-state index contributed by atoms with van der Waals surface area (Å²) < 4.78 is 19.3. The highest BCUT2D eigenvalue weighted by molar-refractivity contribution is 5.75. The van der Waals surface area contributed by atoms with E-state index in [1.165, 1.54) is 6.07 Å². The zero-order chi connectivity index (χ0) is 18.0. The molecule has 0 saturated heterocycles. The SMILES string of the molecule is CC(C)c1cc(CNC(=O)N(C2CC2)[C@@H](C)c2ccccc2F)on1. The largest absolute Gasteiger partial charge is 0.359 e. The van der Waals surface area contributed by atoms with Crippen LogP contribution in [0.5, 0.6) is 0 Å². The maximum atomic E-state index is 14.1. The minimum atomic E-state index is -0.324. The number of nitrogens with one attached hydrogen (secondary N) is 1. The number of halogens is 1. The highest BCUT2D eigenvalue weighted by Gasteiger charge is 2.37. The number of rotatable bonds is 6. The summed E-state index contributed by atoms with van der Waals surface area (Å²) in [5.41, 5.74) is 1.40. The van der Waals surface area contributed by atoms with Crippen LogP contribution < -0.4 is 5.32 Å². The Morgan fingerprint density at radius 1 is 1.36 bits per heavy atom. The summed E-state index contributed by atoms with van der Waals surface area (Å²) in [5.74, 6) is 0.605. The molecule has 1 aromatic heterocycles. The fourth-order valence-electron chi connectivity index (χ4n) is 2.91. The van der Waals surface area contributed by atoms with Crippen molar-refractivity contribution in [3.8, 4) is 0 Å². The van der Waals surface area contributed by atoms with Gasteiger partial charge in [-0.2, -0.15) is 0 Å². The van der Waals surface area contributed by atoms with Gasteiger partial charge in [0.15, 0.2) is 5.76 Å². The Hall–Kier alpha value is -2.37. The molecule has 0 aliphatic heterocycles. The van der Waals surface area contributed by atoms with Crippen molar-refractivity contribution in [2.24, 2.45) is 0 Å². The first-order valence-electron chi connectivity index (χ1n) is 8.73. The van der Waals surface area contributed by atoms with Gasteiger partial charge in [0.1, 0.15) is 5.82 Å². The highest BCUT2D eigenvalue weighted by atomic mass is 19.1. The van der Waals surface area contributed by atoms with Crippen molar-refractivity contribution in [2.45, 2.75) is 58.2 Å². The monoisotopic (exact) mass is 345 g/mol. The van der Waals surface area contributed by atoms with Crippen LogP contribution in [0.25, 0.3) is 0 Å². The van der Waals surface area contributed by atoms with Crippen molar-refractivity contribution in [1.82, 2.24) is 15.4 Å². The maximum absolute atomic E-state index is 14.1. The molecule has 1 aliphatic carbocycles. The third-order valence-corrected chi connectivity index (χ3v) is 4.53. The van der Waals surface area contributed by atoms with E-state index in [1.54, 1.807) is 23.1 Å². The summed E-state index contributed by atoms with van der Waals surface area (Å²) in [7, 11) is 0. The molecular weight excluding hydrogens is 321 g/mol. The van der Waals surface area contributed by atoms with Crippen molar-refractivity contribution in [1.29, 1.82) is 0 Å². The van der Waals surface area contributed by atoms with E-state index in [-0.39, 0.29) is 36.4 Å². The topological polar surface area (TPSA) is 58.4 Å². The Morgan fingerprint density at radius 3 is 2.68 bits per heavy atom. The summed E-state index contributed by atoms with van der Waals surface area (Å²) >= 11 is 0. The summed E-state index contributed by atoms with van der Waals surface area (Å²) in [4.78, 5) is 14.4. The number of hydrogen-bond donors (Lipinski definition) is 1. The van der Waals surface area contributed by atoms with Crippen LogP contribution in [0.3, 0.4) is 0 Å². The summed E-state index contributed by atoms with van der Waals surface area (Å²) in [6.07, 6.45) is 1.90. The Labute approximate surface area is 147 Å². The van der Waals surface area contributed by atoms with E-state index in [0.717, 1.165) is 18.5 Å². The van der Waals surface area contributed by atoms with Crippen LogP contribution in [0.4, 0.5) is 9.18 Å². The molecule has 2 amide bonds. The smallest absolute Gasteiger partial charge is 0.318 e. The Balaban J connectivity index is 1.68. The van der Waals surface area contributed by atoms with E-state index < -0.39 is 0 Å². The van der Waals surface area contributed by atoms with Crippen molar-refractivity contribution in [3.63, 3.8) is 0 Å². The average Bonchev–Trinajstić information content (AvgIpc) is 3.29. The van der Waals surface area contributed by atoms with Gasteiger partial charge < -0.3 is 14.7 Å². The molecular formula is C19H24FN3O2. The van der Waals surface area contributed by atoms with Gasteiger partial charge in [0.05, 0.1) is 18.3 Å². The lowest BCUT2D eigenvalue weighted by Gasteiger charge is -2.30. The van der Waals surface area contributed by atoms with E-state index in [0.29, 0.717) is 11.3 Å². The van der Waals surface area contributed by atoms with E-state index in [2.05, 4.69) is 10.5 Å². The number of hydrogen-bond acceptors (Lipinski definition) is 3. The van der Waals surface area contributed by atoms with Crippen LogP contribution in [0.15, 0.2) is 34.9 Å². The third-order valence-electron chi connectivity index (χ3n) is 4.53. The predicted octanol–water partition coefficient (Wildman–Crippen LogP) is 4.37. The molecule has 1 heterocycles. The van der Waals surface area contributed by atoms with Crippen LogP contribution in [-0.2, 0) is 6.54 Å². The number of urea groups is 1. The molecule has 6 heteroatoms. The molecule has 5 nitrogen and oxygen atoms in total. The lowest BCUT2D eigenvalue weighted by atomic mass is 10.1. The first kappa shape index (κ1) is 17.5. The van der Waals surface area contributed by atoms with Gasteiger partial charge in [0.25, 0.3) is 0 Å². The Morgan fingerprint density at radius 2 is 2.08 bits per heavy atom. The molecule has 0 radical (unpaired) electrons. The molecule has 0 unspecified atom stereocenters. The summed E-state index contributed by atoms with van der Waals surface area (Å²) in [6.45, 7) is 6.20. The number of nitrogens with zero attached hydrogens (tertiary/aromatic N) is 2. The molecule has 134 valence electrons. The molecule has 1 fully saturated rings. The van der Waals surface area contributed by atoms with Crippen molar-refractivity contribution in [2.75, 3.05) is 0 Å². The fraction of sp³-hybridized carbons (Fsp3) is 0.474. The molecule has 1 aromatic carbocycles. The summed E-state index contributed by atoms with van der Waals surface area (Å²) in [5, 5.41) is 6.86. The fourth-order valence-corrected chi connectivity index (χ4v) is 2.91. The minimum absolute atomic E-state index is 0.163. The molecule has 2 aromatic rings. The van der Waals surface area contributed by atoms with Gasteiger partial charge in [0, 0.05) is 17.7 Å². The van der Waals surface area contributed by atoms with Gasteiger partial charge in [0.2, 0.25) is 0 Å². The number of carbonyl (C=O) groups excluding carboxylic acids is 1. The Kier molecular flexibility index (Phi) is 5.06. The molecule has 25 heavy (non-hydrogen) atoms. The zero-order valence-corrected chi connectivity index (χ0v) is 14.8. The van der Waals surface area contributed by atoms with E-state index >= 15 is 0 Å². The molecule has 3 rings (SSSR count). The Bertz CT molecular complexity index is 740. The average molecular weight is 345 g/mol. The van der Waals surface area contributed by atoms with Crippen molar-refractivity contribution < 1.29 is 13.7 Å². The van der Waals surface area contributed by atoms with Gasteiger partial charge in [-0.15, -0.1) is 0 Å². The molecule has 1 N–H and O–H groups in total. The number of amides is 2. The van der Waals surface area contributed by atoms with Gasteiger partial charge in [-0.25, -0.2) is 9.18 Å². The van der Waals surface area contributed by atoms with Gasteiger partial charge in [-0.1, -0.05) is 37.2 Å². The molecule has 1 saturated carbocycles. The number of benzene rings is 1. The number of carbonyl (C=O) groups is 1. The second kappa shape index (κ2) is 7.25. The molecule has 0 spiro atoms. The van der Waals surface area contributed by atoms with E-state index in [4.69, 9.17) is 4.52 Å². The second-order valence-corrected chi connectivity index (χ2v) is 6.87.